The van der Waals surface area contributed by atoms with E-state index in [-0.39, 0.29) is 18.8 Å². The number of hydrogen-bond donors (Lipinski definition) is 0. The molecule has 4 aliphatic rings. The van der Waals surface area contributed by atoms with Gasteiger partial charge in [0.2, 0.25) is 0 Å². The summed E-state index contributed by atoms with van der Waals surface area (Å²) in [6, 6.07) is 98.0. The first kappa shape index (κ1) is 44.8. The van der Waals surface area contributed by atoms with E-state index in [1.807, 2.05) is 0 Å². The van der Waals surface area contributed by atoms with E-state index in [0.29, 0.717) is 0 Å². The Bertz CT molecular complexity index is 4350. The van der Waals surface area contributed by atoms with Crippen LogP contribution >= 0.6 is 0 Å². The smallest absolute Gasteiger partial charge is 0.252 e. The van der Waals surface area contributed by atoms with Gasteiger partial charge in [0.25, 0.3) is 13.4 Å². The molecule has 16 rings (SSSR count). The molecule has 12 aromatic carbocycles. The summed E-state index contributed by atoms with van der Waals surface area (Å²) >= 11 is 0. The number of hydrogen-bond acceptors (Lipinski definition) is 4. The first-order valence-electron chi connectivity index (χ1n) is 27.4. The number of para-hydroxylation sites is 6. The Morgan fingerprint density at radius 3 is 1.04 bits per heavy atom. The maximum absolute atomic E-state index is 2.64. The van der Waals surface area contributed by atoms with Gasteiger partial charge in [0.1, 0.15) is 0 Å². The average Bonchev–Trinajstić information content (AvgIpc) is 3.38. The zero-order valence-electron chi connectivity index (χ0n) is 43.8. The van der Waals surface area contributed by atoms with Crippen LogP contribution in [0.1, 0.15) is 26.3 Å². The van der Waals surface area contributed by atoms with Crippen molar-refractivity contribution in [2.45, 2.75) is 26.2 Å². The topological polar surface area (TPSA) is 13.0 Å². The van der Waals surface area contributed by atoms with Gasteiger partial charge in [-0.3, -0.25) is 0 Å². The van der Waals surface area contributed by atoms with Crippen molar-refractivity contribution < 1.29 is 0 Å². The summed E-state index contributed by atoms with van der Waals surface area (Å²) in [7, 11) is 0. The van der Waals surface area contributed by atoms with Gasteiger partial charge in [-0.2, -0.15) is 0 Å². The molecule has 0 fully saturated rings. The van der Waals surface area contributed by atoms with Gasteiger partial charge in [0.05, 0.1) is 0 Å². The predicted octanol–water partition coefficient (Wildman–Crippen LogP) is 15.1. The Labute approximate surface area is 456 Å². The molecule has 0 N–H and O–H groups in total. The van der Waals surface area contributed by atoms with Crippen LogP contribution in [0.4, 0.5) is 68.2 Å². The van der Waals surface area contributed by atoms with E-state index in [9.17, 15) is 0 Å². The van der Waals surface area contributed by atoms with Crippen molar-refractivity contribution in [3.05, 3.63) is 266 Å². The highest BCUT2D eigenvalue weighted by atomic mass is 15.2. The van der Waals surface area contributed by atoms with E-state index >= 15 is 0 Å². The third kappa shape index (κ3) is 6.56. The lowest BCUT2D eigenvalue weighted by Gasteiger charge is -2.47. The normalized spacial score (nSPS) is 13.7. The van der Waals surface area contributed by atoms with E-state index in [1.54, 1.807) is 0 Å². The average molecular weight is 995 g/mol. The molecule has 0 bridgehead atoms. The molecular weight excluding hydrogens is 942 g/mol. The molecule has 0 amide bonds. The van der Waals surface area contributed by atoms with Gasteiger partial charge in [0.15, 0.2) is 0 Å². The lowest BCUT2D eigenvalue weighted by molar-refractivity contribution is 0.590. The Morgan fingerprint density at radius 2 is 0.628 bits per heavy atom. The standard InChI is InChI=1S/C72H52B2N4/c1-72(2,3)50-43-67-71-68(44-50)78(54-32-14-7-15-33-54)64-46-63-59(45-60(64)74(71)58-37-21-23-39-62(58)76(67)52-28-10-5-11-29-52)73-57-36-20-22-38-61(57)75(51-26-8-4-9-27-51)65-41-49(42-66(70(65)73)77(63)53-30-12-6-13-31-53)69-55-34-18-16-24-47(55)40-48-25-17-19-35-56(48)69/h4-46H,1-3H3. The summed E-state index contributed by atoms with van der Waals surface area (Å²) in [5, 5.41) is 4.94. The summed E-state index contributed by atoms with van der Waals surface area (Å²) in [4.78, 5) is 10.3. The van der Waals surface area contributed by atoms with Gasteiger partial charge in [-0.25, -0.2) is 0 Å². The monoisotopic (exact) mass is 994 g/mol. The molecule has 4 heterocycles. The third-order valence-corrected chi connectivity index (χ3v) is 17.1. The van der Waals surface area contributed by atoms with Gasteiger partial charge < -0.3 is 19.6 Å². The van der Waals surface area contributed by atoms with Crippen molar-refractivity contribution in [1.29, 1.82) is 0 Å². The summed E-state index contributed by atoms with van der Waals surface area (Å²) in [5.74, 6) is 0. The molecule has 0 aromatic heterocycles. The molecule has 0 spiro atoms. The number of fused-ring (bicyclic) bond motifs is 10. The fourth-order valence-corrected chi connectivity index (χ4v) is 13.7. The first-order chi connectivity index (χ1) is 38.4. The molecule has 0 unspecified atom stereocenters. The third-order valence-electron chi connectivity index (χ3n) is 17.1. The fourth-order valence-electron chi connectivity index (χ4n) is 13.7. The molecule has 366 valence electrons. The van der Waals surface area contributed by atoms with Crippen molar-refractivity contribution >= 4 is 136 Å². The van der Waals surface area contributed by atoms with Crippen LogP contribution in [-0.2, 0) is 5.41 Å². The molecule has 4 aliphatic heterocycles. The minimum absolute atomic E-state index is 0.0619. The zero-order chi connectivity index (χ0) is 51.8. The zero-order valence-corrected chi connectivity index (χ0v) is 43.8. The first-order valence-corrected chi connectivity index (χ1v) is 27.4. The molecule has 6 heteroatoms. The minimum atomic E-state index is -0.139. The van der Waals surface area contributed by atoms with Crippen molar-refractivity contribution in [1.82, 2.24) is 0 Å². The molecule has 0 saturated carbocycles. The number of benzene rings is 12. The molecule has 0 radical (unpaired) electrons. The maximum Gasteiger partial charge on any atom is 0.252 e. The molecular formula is C72H52B2N4. The lowest BCUT2D eigenvalue weighted by atomic mass is 9.30. The van der Waals surface area contributed by atoms with E-state index < -0.39 is 0 Å². The molecule has 78 heavy (non-hydrogen) atoms. The SMILES string of the molecule is CC(C)(C)c1cc2c3c(c1)N(c1ccccc1)c1cc4c(cc1B3c1ccccc1N2c1ccccc1)B1c2ccccc2N(c2ccccc2)c2cc(-c3c5ccccc5cc5ccccc35)cc(c21)N4c1ccccc1. The Kier molecular flexibility index (Phi) is 9.75. The second-order valence-corrected chi connectivity index (χ2v) is 22.4. The van der Waals surface area contributed by atoms with Gasteiger partial charge in [-0.05, 0) is 173 Å². The highest BCUT2D eigenvalue weighted by Crippen LogP contribution is 2.51. The van der Waals surface area contributed by atoms with Crippen LogP contribution in [0.25, 0.3) is 32.7 Å². The molecule has 4 nitrogen and oxygen atoms in total. The fraction of sp³-hybridized carbons (Fsp3) is 0.0556. The number of anilines is 12. The molecule has 0 aliphatic carbocycles. The molecule has 0 atom stereocenters. The van der Waals surface area contributed by atoms with Crippen LogP contribution in [0.15, 0.2) is 261 Å². The second-order valence-electron chi connectivity index (χ2n) is 22.4. The van der Waals surface area contributed by atoms with Crippen LogP contribution in [0, 0.1) is 0 Å². The van der Waals surface area contributed by atoms with Crippen LogP contribution in [0.2, 0.25) is 0 Å². The van der Waals surface area contributed by atoms with Gasteiger partial charge >= 0.3 is 0 Å². The predicted molar refractivity (Wildman–Crippen MR) is 334 cm³/mol. The van der Waals surface area contributed by atoms with E-state index in [4.69, 9.17) is 0 Å². The number of rotatable bonds is 5. The highest BCUT2D eigenvalue weighted by molar-refractivity contribution is 7.03. The van der Waals surface area contributed by atoms with Crippen molar-refractivity contribution in [2.24, 2.45) is 0 Å². The van der Waals surface area contributed by atoms with Crippen molar-refractivity contribution in [3.8, 4) is 11.1 Å². The van der Waals surface area contributed by atoms with Gasteiger partial charge in [-0.1, -0.05) is 185 Å². The number of nitrogens with zero attached hydrogens (tertiary/aromatic N) is 4. The Hall–Kier alpha value is -9.51. The second kappa shape index (κ2) is 17.0. The van der Waals surface area contributed by atoms with E-state index in [0.717, 1.165) is 22.7 Å². The summed E-state index contributed by atoms with van der Waals surface area (Å²) in [6.45, 7) is 6.89. The Balaban J connectivity index is 1.05. The van der Waals surface area contributed by atoms with Gasteiger partial charge in [-0.15, -0.1) is 0 Å². The maximum atomic E-state index is 2.64. The van der Waals surface area contributed by atoms with Crippen LogP contribution < -0.4 is 52.4 Å². The summed E-state index contributed by atoms with van der Waals surface area (Å²) < 4.78 is 0. The molecule has 0 saturated heterocycles. The van der Waals surface area contributed by atoms with Crippen molar-refractivity contribution in [3.63, 3.8) is 0 Å². The quantitative estimate of drug-likeness (QED) is 0.126. The summed E-state index contributed by atoms with van der Waals surface area (Å²) in [5.41, 5.74) is 25.5. The molecule has 12 aromatic rings. The lowest BCUT2D eigenvalue weighted by Crippen LogP contribution is -2.65. The summed E-state index contributed by atoms with van der Waals surface area (Å²) in [6.07, 6.45) is 0. The van der Waals surface area contributed by atoms with E-state index in [2.05, 4.69) is 301 Å². The van der Waals surface area contributed by atoms with Crippen molar-refractivity contribution in [2.75, 3.05) is 19.6 Å². The van der Waals surface area contributed by atoms with E-state index in [1.165, 1.54) is 117 Å². The Morgan fingerprint density at radius 1 is 0.282 bits per heavy atom. The van der Waals surface area contributed by atoms with Crippen LogP contribution in [0.5, 0.6) is 0 Å². The largest absolute Gasteiger partial charge is 0.311 e. The van der Waals surface area contributed by atoms with Crippen LogP contribution in [-0.4, -0.2) is 13.4 Å². The minimum Gasteiger partial charge on any atom is -0.311 e. The van der Waals surface area contributed by atoms with Gasteiger partial charge in [0, 0.05) is 68.2 Å². The van der Waals surface area contributed by atoms with Crippen LogP contribution in [0.3, 0.4) is 0 Å². The highest BCUT2D eigenvalue weighted by Gasteiger charge is 2.48.